The summed E-state index contributed by atoms with van der Waals surface area (Å²) < 4.78 is 41.6. The molecule has 1 aliphatic carbocycles. The van der Waals surface area contributed by atoms with E-state index >= 15 is 0 Å². The Morgan fingerprint density at radius 1 is 0.938 bits per heavy atom. The number of halogens is 2. The quantitative estimate of drug-likeness (QED) is 0.650. The summed E-state index contributed by atoms with van der Waals surface area (Å²) in [4.78, 5) is 2.42. The summed E-state index contributed by atoms with van der Waals surface area (Å²) in [6, 6.07) is 6.99. The zero-order valence-electron chi connectivity index (χ0n) is 19.6. The van der Waals surface area contributed by atoms with Gasteiger partial charge in [0.25, 0.3) is 0 Å². The Labute approximate surface area is 189 Å². The Kier molecular flexibility index (Phi) is 5.42. The summed E-state index contributed by atoms with van der Waals surface area (Å²) in [6.45, 7) is 10.2. The molecule has 5 rings (SSSR count). The normalized spacial score (nSPS) is 26.8. The van der Waals surface area contributed by atoms with Crippen LogP contribution in [0.2, 0.25) is 0 Å². The van der Waals surface area contributed by atoms with Gasteiger partial charge >= 0.3 is 7.12 Å². The van der Waals surface area contributed by atoms with Crippen molar-refractivity contribution in [2.75, 3.05) is 13.1 Å². The van der Waals surface area contributed by atoms with Crippen molar-refractivity contribution >= 4 is 23.5 Å². The van der Waals surface area contributed by atoms with Crippen LogP contribution in [-0.2, 0) is 9.31 Å². The van der Waals surface area contributed by atoms with E-state index in [1.54, 1.807) is 0 Å². The molecule has 3 heterocycles. The van der Waals surface area contributed by atoms with Gasteiger partial charge in [0.05, 0.1) is 29.0 Å². The van der Waals surface area contributed by atoms with Gasteiger partial charge in [-0.15, -0.1) is 0 Å². The lowest BCUT2D eigenvalue weighted by molar-refractivity contribution is -0.0566. The van der Waals surface area contributed by atoms with Crippen LogP contribution in [-0.4, -0.2) is 58.1 Å². The van der Waals surface area contributed by atoms with Crippen LogP contribution in [0, 0.1) is 0 Å². The van der Waals surface area contributed by atoms with Crippen LogP contribution >= 0.6 is 0 Å². The fourth-order valence-corrected chi connectivity index (χ4v) is 5.37. The predicted molar refractivity (Wildman–Crippen MR) is 122 cm³/mol. The molecule has 2 aliphatic heterocycles. The smallest absolute Gasteiger partial charge is 0.399 e. The number of rotatable bonds is 3. The van der Waals surface area contributed by atoms with Gasteiger partial charge in [0.1, 0.15) is 0 Å². The summed E-state index contributed by atoms with van der Waals surface area (Å²) in [6.07, 6.45) is 5.23. The van der Waals surface area contributed by atoms with E-state index in [-0.39, 0.29) is 31.2 Å². The molecule has 0 unspecified atom stereocenters. The molecule has 1 aromatic carbocycles. The SMILES string of the molecule is CC1(C)OB(c2ccc3c(cnn3C3CCN(C4CCC(F)(F)CC4)CC3)c2)OC1(C)C. The van der Waals surface area contributed by atoms with Gasteiger partial charge in [-0.05, 0) is 64.9 Å². The minimum atomic E-state index is -2.46. The Morgan fingerprint density at radius 3 is 2.19 bits per heavy atom. The molecule has 0 N–H and O–H groups in total. The summed E-state index contributed by atoms with van der Waals surface area (Å²) in [7, 11) is -0.376. The van der Waals surface area contributed by atoms with Gasteiger partial charge in [-0.3, -0.25) is 4.68 Å². The molecule has 2 aromatic rings. The molecule has 32 heavy (non-hydrogen) atoms. The van der Waals surface area contributed by atoms with Crippen molar-refractivity contribution in [2.24, 2.45) is 0 Å². The van der Waals surface area contributed by atoms with Gasteiger partial charge < -0.3 is 14.2 Å². The second-order valence-electron chi connectivity index (χ2n) is 10.8. The Hall–Kier alpha value is -1.51. The van der Waals surface area contributed by atoms with Crippen molar-refractivity contribution in [1.29, 1.82) is 0 Å². The number of nitrogens with zero attached hydrogens (tertiary/aromatic N) is 3. The van der Waals surface area contributed by atoms with Gasteiger partial charge in [0, 0.05) is 37.4 Å². The highest BCUT2D eigenvalue weighted by molar-refractivity contribution is 6.62. The number of hydrogen-bond donors (Lipinski definition) is 0. The molecule has 3 aliphatic rings. The van der Waals surface area contributed by atoms with Crippen LogP contribution < -0.4 is 5.46 Å². The van der Waals surface area contributed by atoms with Gasteiger partial charge in [-0.1, -0.05) is 12.1 Å². The average Bonchev–Trinajstić information content (AvgIpc) is 3.25. The molecule has 0 radical (unpaired) electrons. The molecule has 174 valence electrons. The van der Waals surface area contributed by atoms with E-state index < -0.39 is 5.92 Å². The fourth-order valence-electron chi connectivity index (χ4n) is 5.37. The van der Waals surface area contributed by atoms with E-state index in [9.17, 15) is 8.78 Å². The van der Waals surface area contributed by atoms with Crippen LogP contribution in [0.5, 0.6) is 0 Å². The fraction of sp³-hybridized carbons (Fsp3) is 0.708. The molecular formula is C24H34BF2N3O2. The minimum Gasteiger partial charge on any atom is -0.399 e. The van der Waals surface area contributed by atoms with Gasteiger partial charge in [0.15, 0.2) is 0 Å². The van der Waals surface area contributed by atoms with Crippen molar-refractivity contribution in [3.8, 4) is 0 Å². The van der Waals surface area contributed by atoms with E-state index in [2.05, 4.69) is 55.5 Å². The van der Waals surface area contributed by atoms with Crippen LogP contribution in [0.15, 0.2) is 24.4 Å². The monoisotopic (exact) mass is 445 g/mol. The van der Waals surface area contributed by atoms with Crippen LogP contribution in [0.3, 0.4) is 0 Å². The second-order valence-corrected chi connectivity index (χ2v) is 10.8. The minimum absolute atomic E-state index is 0.0342. The molecular weight excluding hydrogens is 411 g/mol. The molecule has 1 saturated carbocycles. The highest BCUT2D eigenvalue weighted by Gasteiger charge is 2.51. The maximum Gasteiger partial charge on any atom is 0.494 e. The van der Waals surface area contributed by atoms with Crippen LogP contribution in [0.4, 0.5) is 8.78 Å². The molecule has 3 fully saturated rings. The zero-order valence-corrected chi connectivity index (χ0v) is 19.6. The molecule has 5 nitrogen and oxygen atoms in total. The Balaban J connectivity index is 1.26. The van der Waals surface area contributed by atoms with E-state index in [0.29, 0.717) is 24.9 Å². The molecule has 0 spiro atoms. The highest BCUT2D eigenvalue weighted by atomic mass is 19.3. The first kappa shape index (κ1) is 22.3. The largest absolute Gasteiger partial charge is 0.494 e. The molecule has 0 bridgehead atoms. The first-order valence-corrected chi connectivity index (χ1v) is 12.0. The number of benzene rings is 1. The van der Waals surface area contributed by atoms with Crippen molar-refractivity contribution < 1.29 is 18.1 Å². The van der Waals surface area contributed by atoms with Gasteiger partial charge in [0.2, 0.25) is 5.92 Å². The van der Waals surface area contributed by atoms with Gasteiger partial charge in [-0.2, -0.15) is 5.10 Å². The maximum atomic E-state index is 13.5. The van der Waals surface area contributed by atoms with Gasteiger partial charge in [-0.25, -0.2) is 8.78 Å². The molecule has 8 heteroatoms. The lowest BCUT2D eigenvalue weighted by atomic mass is 9.78. The van der Waals surface area contributed by atoms with Crippen LogP contribution in [0.25, 0.3) is 10.9 Å². The standard InChI is InChI=1S/C24H34BF2N3O2/c1-22(2)23(3,4)32-25(31-22)18-5-6-21-17(15-18)16-28-30(21)20-9-13-29(14-10-20)19-7-11-24(26,27)12-8-19/h5-6,15-16,19-20H,7-14H2,1-4H3. The summed E-state index contributed by atoms with van der Waals surface area (Å²) in [5.41, 5.74) is 1.42. The summed E-state index contributed by atoms with van der Waals surface area (Å²) in [5, 5.41) is 5.81. The van der Waals surface area contributed by atoms with E-state index in [0.717, 1.165) is 42.3 Å². The van der Waals surface area contributed by atoms with Crippen molar-refractivity contribution in [1.82, 2.24) is 14.7 Å². The average molecular weight is 445 g/mol. The highest BCUT2D eigenvalue weighted by Crippen LogP contribution is 2.38. The third-order valence-electron chi connectivity index (χ3n) is 8.19. The lowest BCUT2D eigenvalue weighted by Gasteiger charge is -2.40. The Bertz CT molecular complexity index is 959. The van der Waals surface area contributed by atoms with E-state index in [1.165, 1.54) is 0 Å². The molecule has 2 saturated heterocycles. The van der Waals surface area contributed by atoms with E-state index in [4.69, 9.17) is 14.4 Å². The zero-order chi connectivity index (χ0) is 22.7. The summed E-state index contributed by atoms with van der Waals surface area (Å²) in [5.74, 6) is -2.46. The lowest BCUT2D eigenvalue weighted by Crippen LogP contribution is -2.45. The topological polar surface area (TPSA) is 39.5 Å². The third-order valence-corrected chi connectivity index (χ3v) is 8.19. The van der Waals surface area contributed by atoms with Crippen molar-refractivity contribution in [3.63, 3.8) is 0 Å². The Morgan fingerprint density at radius 2 is 1.56 bits per heavy atom. The number of piperidine rings is 1. The first-order valence-electron chi connectivity index (χ1n) is 12.0. The number of hydrogen-bond acceptors (Lipinski definition) is 4. The number of likely N-dealkylation sites (tertiary alicyclic amines) is 1. The number of alkyl halides is 2. The van der Waals surface area contributed by atoms with Crippen LogP contribution in [0.1, 0.15) is 72.3 Å². The molecule has 1 aromatic heterocycles. The predicted octanol–water partition coefficient (Wildman–Crippen LogP) is 4.55. The molecule has 0 atom stereocenters. The number of fused-ring (bicyclic) bond motifs is 1. The second kappa shape index (κ2) is 7.78. The summed E-state index contributed by atoms with van der Waals surface area (Å²) >= 11 is 0. The number of aromatic nitrogens is 2. The van der Waals surface area contributed by atoms with Crippen molar-refractivity contribution in [2.45, 2.75) is 95.4 Å². The third kappa shape index (κ3) is 3.99. The maximum absolute atomic E-state index is 13.5. The first-order chi connectivity index (χ1) is 15.0. The van der Waals surface area contributed by atoms with Crippen molar-refractivity contribution in [3.05, 3.63) is 24.4 Å². The van der Waals surface area contributed by atoms with E-state index in [1.807, 2.05) is 6.20 Å². The molecule has 0 amide bonds.